The molecular formula is C34H30IrN2OSi-2. The Labute approximate surface area is 244 Å². The van der Waals surface area contributed by atoms with E-state index in [1.54, 1.807) is 6.20 Å². The van der Waals surface area contributed by atoms with Crippen LogP contribution in [0, 0.1) is 12.1 Å². The number of furan rings is 1. The van der Waals surface area contributed by atoms with E-state index < -0.39 is 8.07 Å². The quantitative estimate of drug-likeness (QED) is 0.137. The van der Waals surface area contributed by atoms with Gasteiger partial charge in [0.05, 0.1) is 13.7 Å². The summed E-state index contributed by atoms with van der Waals surface area (Å²) in [7, 11) is -1.35. The molecule has 6 aromatic rings. The third kappa shape index (κ3) is 5.96. The van der Waals surface area contributed by atoms with E-state index in [0.29, 0.717) is 0 Å². The Kier molecular flexibility index (Phi) is 7.95. The predicted molar refractivity (Wildman–Crippen MR) is 159 cm³/mol. The Hall–Kier alpha value is -3.37. The van der Waals surface area contributed by atoms with E-state index in [-0.39, 0.29) is 20.1 Å². The van der Waals surface area contributed by atoms with E-state index in [2.05, 4.69) is 78.1 Å². The fraction of sp³-hybridized carbons (Fsp3) is 0.176. The molecule has 1 saturated carbocycles. The summed E-state index contributed by atoms with van der Waals surface area (Å²) in [5, 5.41) is 3.77. The molecule has 1 fully saturated rings. The second-order valence-corrected chi connectivity index (χ2v) is 16.0. The van der Waals surface area contributed by atoms with Crippen molar-refractivity contribution in [2.75, 3.05) is 0 Å². The summed E-state index contributed by atoms with van der Waals surface area (Å²) < 4.78 is 6.15. The van der Waals surface area contributed by atoms with Gasteiger partial charge in [0.15, 0.2) is 0 Å². The first kappa shape index (κ1) is 27.2. The summed E-state index contributed by atoms with van der Waals surface area (Å²) in [5.41, 5.74) is 7.08. The molecule has 1 radical (unpaired) electrons. The first-order chi connectivity index (χ1) is 18.5. The van der Waals surface area contributed by atoms with Crippen molar-refractivity contribution in [2.24, 2.45) is 0 Å². The third-order valence-corrected chi connectivity index (χ3v) is 9.08. The number of fused-ring (bicyclic) bond motifs is 3. The Bertz CT molecular complexity index is 1690. The van der Waals surface area contributed by atoms with E-state index in [9.17, 15) is 0 Å². The van der Waals surface area contributed by atoms with Gasteiger partial charge >= 0.3 is 0 Å². The standard InChI is InChI=1S/C20H18NOSi.C14H12N.Ir/c1-23(2,3)14-10-11-19-17(13-14)15-7-6-8-16(20(15)22-19)18-9-4-5-12-21-18;1-2-4-12(5-3-1)14-9-8-13(10-15-14)11-6-7-11;/h4-7,9-13H,1-3H3;1-4,8-11H,6-7H2;/q2*-1;. The molecule has 0 unspecified atom stereocenters. The van der Waals surface area contributed by atoms with Crippen molar-refractivity contribution >= 4 is 35.2 Å². The molecule has 197 valence electrons. The molecule has 0 bridgehead atoms. The van der Waals surface area contributed by atoms with E-state index >= 15 is 0 Å². The van der Waals surface area contributed by atoms with Gasteiger partial charge in [-0.3, -0.25) is 0 Å². The number of rotatable bonds is 4. The fourth-order valence-corrected chi connectivity index (χ4v) is 5.85. The maximum Gasteiger partial charge on any atom is 0.120 e. The topological polar surface area (TPSA) is 38.9 Å². The molecule has 7 rings (SSSR count). The van der Waals surface area contributed by atoms with Crippen LogP contribution in [-0.4, -0.2) is 18.0 Å². The largest absolute Gasteiger partial charge is 0.501 e. The summed E-state index contributed by atoms with van der Waals surface area (Å²) in [6.07, 6.45) is 6.47. The van der Waals surface area contributed by atoms with Crippen LogP contribution in [0.4, 0.5) is 0 Å². The number of hydrogen-bond donors (Lipinski definition) is 0. The second kappa shape index (κ2) is 11.4. The van der Waals surface area contributed by atoms with E-state index in [0.717, 1.165) is 45.0 Å². The van der Waals surface area contributed by atoms with Gasteiger partial charge in [0.2, 0.25) is 0 Å². The molecule has 0 aliphatic heterocycles. The van der Waals surface area contributed by atoms with Crippen LogP contribution >= 0.6 is 0 Å². The van der Waals surface area contributed by atoms with Gasteiger partial charge in [-0.2, -0.15) is 0 Å². The Morgan fingerprint density at radius 3 is 2.31 bits per heavy atom. The first-order valence-corrected chi connectivity index (χ1v) is 16.7. The third-order valence-electron chi connectivity index (χ3n) is 7.04. The molecule has 0 saturated heterocycles. The average Bonchev–Trinajstić information content (AvgIpc) is 3.74. The number of benzene rings is 3. The maximum atomic E-state index is 6.15. The Morgan fingerprint density at radius 2 is 1.64 bits per heavy atom. The van der Waals surface area contributed by atoms with E-state index in [1.807, 2.05) is 54.7 Å². The van der Waals surface area contributed by atoms with Crippen LogP contribution in [0.15, 0.2) is 102 Å². The van der Waals surface area contributed by atoms with Crippen molar-refractivity contribution in [2.45, 2.75) is 38.4 Å². The molecule has 3 aromatic carbocycles. The molecular weight excluding hydrogens is 673 g/mol. The smallest absolute Gasteiger partial charge is 0.120 e. The van der Waals surface area contributed by atoms with Gasteiger partial charge in [-0.1, -0.05) is 72.2 Å². The Balaban J connectivity index is 0.000000167. The molecule has 5 heteroatoms. The zero-order valence-corrected chi connectivity index (χ0v) is 25.8. The van der Waals surface area contributed by atoms with Gasteiger partial charge in [-0.15, -0.1) is 54.1 Å². The van der Waals surface area contributed by atoms with Crippen LogP contribution in [0.2, 0.25) is 19.6 Å². The van der Waals surface area contributed by atoms with Crippen molar-refractivity contribution in [3.63, 3.8) is 0 Å². The van der Waals surface area contributed by atoms with Crippen molar-refractivity contribution < 1.29 is 24.5 Å². The summed E-state index contributed by atoms with van der Waals surface area (Å²) in [6.45, 7) is 7.09. The van der Waals surface area contributed by atoms with Crippen molar-refractivity contribution in [3.8, 4) is 22.5 Å². The van der Waals surface area contributed by atoms with Crippen molar-refractivity contribution in [1.82, 2.24) is 9.97 Å². The van der Waals surface area contributed by atoms with E-state index in [4.69, 9.17) is 4.42 Å². The molecule has 3 aromatic heterocycles. The van der Waals surface area contributed by atoms with Crippen LogP contribution in [0.5, 0.6) is 0 Å². The van der Waals surface area contributed by atoms with Gasteiger partial charge < -0.3 is 14.4 Å². The molecule has 0 N–H and O–H groups in total. The zero-order chi connectivity index (χ0) is 26.1. The van der Waals surface area contributed by atoms with Crippen LogP contribution in [-0.2, 0) is 20.1 Å². The minimum absolute atomic E-state index is 0. The van der Waals surface area contributed by atoms with Crippen LogP contribution in [0.1, 0.15) is 24.3 Å². The molecule has 0 amide bonds. The summed E-state index contributed by atoms with van der Waals surface area (Å²) in [5.74, 6) is 0.784. The van der Waals surface area contributed by atoms with Crippen molar-refractivity contribution in [1.29, 1.82) is 0 Å². The summed E-state index contributed by atoms with van der Waals surface area (Å²) >= 11 is 0. The average molecular weight is 703 g/mol. The molecule has 3 nitrogen and oxygen atoms in total. The van der Waals surface area contributed by atoms with Gasteiger partial charge in [-0.25, -0.2) is 0 Å². The number of pyridine rings is 2. The molecule has 0 atom stereocenters. The molecule has 0 spiro atoms. The summed E-state index contributed by atoms with van der Waals surface area (Å²) in [4.78, 5) is 8.92. The van der Waals surface area contributed by atoms with Crippen LogP contribution < -0.4 is 5.19 Å². The monoisotopic (exact) mass is 703 g/mol. The van der Waals surface area contributed by atoms with E-state index in [1.165, 1.54) is 29.0 Å². The number of aromatic nitrogens is 2. The van der Waals surface area contributed by atoms with Crippen LogP contribution in [0.25, 0.3) is 44.5 Å². The Morgan fingerprint density at radius 1 is 0.795 bits per heavy atom. The fourth-order valence-electron chi connectivity index (χ4n) is 4.68. The minimum atomic E-state index is -1.35. The maximum absolute atomic E-state index is 6.15. The second-order valence-electron chi connectivity index (χ2n) is 10.9. The molecule has 1 aliphatic carbocycles. The van der Waals surface area contributed by atoms with Gasteiger partial charge in [0.1, 0.15) is 5.58 Å². The predicted octanol–water partition coefficient (Wildman–Crippen LogP) is 8.42. The van der Waals surface area contributed by atoms with Gasteiger partial charge in [0, 0.05) is 37.9 Å². The minimum Gasteiger partial charge on any atom is -0.501 e. The van der Waals surface area contributed by atoms with Gasteiger partial charge in [-0.05, 0) is 47.8 Å². The van der Waals surface area contributed by atoms with Crippen molar-refractivity contribution in [3.05, 3.63) is 115 Å². The summed E-state index contributed by atoms with van der Waals surface area (Å²) in [6, 6.07) is 35.3. The van der Waals surface area contributed by atoms with Crippen LogP contribution in [0.3, 0.4) is 0 Å². The van der Waals surface area contributed by atoms with Gasteiger partial charge in [0.25, 0.3) is 0 Å². The molecule has 3 heterocycles. The number of hydrogen-bond acceptors (Lipinski definition) is 3. The number of nitrogens with zero attached hydrogens (tertiary/aromatic N) is 2. The molecule has 39 heavy (non-hydrogen) atoms. The normalized spacial score (nSPS) is 13.0. The zero-order valence-electron chi connectivity index (χ0n) is 22.4. The first-order valence-electron chi connectivity index (χ1n) is 13.2. The SMILES string of the molecule is C[Si](C)(C)c1ccc2oc3c(-c4ccccn4)[c-]ccc3c2c1.[Ir].[c-]1ccccc1-c1ccc(C2CC2)cn1. The molecule has 1 aliphatic rings.